The molecule has 0 unspecified atom stereocenters. The Morgan fingerprint density at radius 3 is 3.00 bits per heavy atom. The second-order valence-corrected chi connectivity index (χ2v) is 4.27. The highest BCUT2D eigenvalue weighted by atomic mass is 16.5. The predicted molar refractivity (Wildman–Crippen MR) is 58.4 cm³/mol. The van der Waals surface area contributed by atoms with Gasteiger partial charge in [-0.2, -0.15) is 0 Å². The van der Waals surface area contributed by atoms with Gasteiger partial charge in [0.05, 0.1) is 25.5 Å². The van der Waals surface area contributed by atoms with E-state index in [0.717, 1.165) is 13.1 Å². The molecule has 0 amide bonds. The fourth-order valence-electron chi connectivity index (χ4n) is 1.93. The topological polar surface area (TPSA) is 89.3 Å². The molecule has 0 aromatic carbocycles. The quantitative estimate of drug-likeness (QED) is 0.671. The summed E-state index contributed by atoms with van der Waals surface area (Å²) in [5.41, 5.74) is -0.614. The van der Waals surface area contributed by atoms with Crippen molar-refractivity contribution in [2.24, 2.45) is 0 Å². The van der Waals surface area contributed by atoms with Gasteiger partial charge in [-0.05, 0) is 25.9 Å². The molecule has 2 heterocycles. The van der Waals surface area contributed by atoms with Gasteiger partial charge in [0.2, 0.25) is 0 Å². The zero-order valence-electron chi connectivity index (χ0n) is 9.72. The van der Waals surface area contributed by atoms with E-state index in [-0.39, 0.29) is 5.69 Å². The van der Waals surface area contributed by atoms with Crippen molar-refractivity contribution in [2.75, 3.05) is 20.2 Å². The lowest BCUT2D eigenvalue weighted by molar-refractivity contribution is -0.00867. The minimum atomic E-state index is -0.771. The lowest BCUT2D eigenvalue weighted by Crippen LogP contribution is -2.44. The van der Waals surface area contributed by atoms with E-state index in [1.54, 1.807) is 0 Å². The molecule has 1 saturated heterocycles. The van der Waals surface area contributed by atoms with Crippen LogP contribution in [0.25, 0.3) is 0 Å². The molecule has 2 rings (SSSR count). The van der Waals surface area contributed by atoms with Crippen molar-refractivity contribution in [1.82, 2.24) is 20.3 Å². The highest BCUT2D eigenvalue weighted by molar-refractivity contribution is 5.86. The Kier molecular flexibility index (Phi) is 3.39. The number of aromatic nitrogens is 3. The van der Waals surface area contributed by atoms with Crippen LogP contribution in [0, 0.1) is 0 Å². The van der Waals surface area contributed by atoms with Crippen LogP contribution in [0.15, 0.2) is 6.20 Å². The highest BCUT2D eigenvalue weighted by Gasteiger charge is 2.30. The smallest absolute Gasteiger partial charge is 0.360 e. The molecule has 7 nitrogen and oxygen atoms in total. The summed E-state index contributed by atoms with van der Waals surface area (Å²) >= 11 is 0. The average Bonchev–Trinajstić information content (AvgIpc) is 2.76. The summed E-state index contributed by atoms with van der Waals surface area (Å²) in [7, 11) is 1.29. The Bertz CT molecular complexity index is 398. The Morgan fingerprint density at radius 2 is 2.35 bits per heavy atom. The van der Waals surface area contributed by atoms with E-state index in [4.69, 9.17) is 0 Å². The van der Waals surface area contributed by atoms with Gasteiger partial charge in [-0.15, -0.1) is 5.10 Å². The van der Waals surface area contributed by atoms with Crippen LogP contribution in [0.1, 0.15) is 23.3 Å². The molecule has 0 bridgehead atoms. The summed E-state index contributed by atoms with van der Waals surface area (Å²) < 4.78 is 6.02. The van der Waals surface area contributed by atoms with Gasteiger partial charge in [-0.25, -0.2) is 9.48 Å². The van der Waals surface area contributed by atoms with Crippen molar-refractivity contribution in [2.45, 2.75) is 25.0 Å². The number of ether oxygens (including phenoxy) is 1. The molecule has 94 valence electrons. The normalized spacial score (nSPS) is 18.9. The van der Waals surface area contributed by atoms with E-state index in [1.807, 2.05) is 0 Å². The van der Waals surface area contributed by atoms with Gasteiger partial charge < -0.3 is 15.2 Å². The van der Waals surface area contributed by atoms with Crippen LogP contribution in [0.2, 0.25) is 0 Å². The number of aliphatic hydroxyl groups is 1. The average molecular weight is 240 g/mol. The third kappa shape index (κ3) is 2.80. The summed E-state index contributed by atoms with van der Waals surface area (Å²) in [6.45, 7) is 1.92. The third-order valence-corrected chi connectivity index (χ3v) is 2.92. The van der Waals surface area contributed by atoms with Crippen molar-refractivity contribution >= 4 is 5.97 Å². The molecule has 1 aromatic heterocycles. The molecular formula is C10H16N4O3. The van der Waals surface area contributed by atoms with Crippen molar-refractivity contribution in [1.29, 1.82) is 0 Å². The molecule has 2 N–H and O–H groups in total. The van der Waals surface area contributed by atoms with Crippen molar-refractivity contribution in [3.63, 3.8) is 0 Å². The van der Waals surface area contributed by atoms with Gasteiger partial charge in [0.1, 0.15) is 0 Å². The Labute approximate surface area is 98.8 Å². The molecule has 0 aliphatic carbocycles. The second-order valence-electron chi connectivity index (χ2n) is 4.27. The molecule has 1 aliphatic heterocycles. The summed E-state index contributed by atoms with van der Waals surface area (Å²) in [6, 6.07) is 0. The Morgan fingerprint density at radius 1 is 1.65 bits per heavy atom. The maximum Gasteiger partial charge on any atom is 0.360 e. The van der Waals surface area contributed by atoms with Gasteiger partial charge in [-0.3, -0.25) is 0 Å². The fourth-order valence-corrected chi connectivity index (χ4v) is 1.93. The number of carbonyl (C=O) groups is 1. The largest absolute Gasteiger partial charge is 0.464 e. The van der Waals surface area contributed by atoms with E-state index >= 15 is 0 Å². The monoisotopic (exact) mass is 240 g/mol. The number of carbonyl (C=O) groups excluding carboxylic acids is 1. The predicted octanol–water partition coefficient (Wildman–Crippen LogP) is -0.821. The summed E-state index contributed by atoms with van der Waals surface area (Å²) in [6.07, 6.45) is 2.83. The molecule has 0 spiro atoms. The minimum absolute atomic E-state index is 0.157. The Balaban J connectivity index is 2.03. The first-order valence-corrected chi connectivity index (χ1v) is 5.54. The van der Waals surface area contributed by atoms with Gasteiger partial charge in [0.25, 0.3) is 0 Å². The number of nitrogens with one attached hydrogen (secondary N) is 1. The third-order valence-electron chi connectivity index (χ3n) is 2.92. The first kappa shape index (κ1) is 12.0. The molecule has 1 aliphatic rings. The zero-order valence-corrected chi connectivity index (χ0v) is 9.72. The van der Waals surface area contributed by atoms with E-state index in [0.29, 0.717) is 19.4 Å². The molecule has 0 atom stereocenters. The van der Waals surface area contributed by atoms with E-state index in [2.05, 4.69) is 20.4 Å². The molecular weight excluding hydrogens is 224 g/mol. The van der Waals surface area contributed by atoms with E-state index in [9.17, 15) is 9.90 Å². The van der Waals surface area contributed by atoms with E-state index < -0.39 is 11.6 Å². The standard InChI is InChI=1S/C10H16N4O3/c1-17-9(15)8-6-14(13-12-8)7-10(16)2-4-11-5-3-10/h6,11,16H,2-5,7H2,1H3. The fraction of sp³-hybridized carbons (Fsp3) is 0.700. The minimum Gasteiger partial charge on any atom is -0.464 e. The summed E-state index contributed by atoms with van der Waals surface area (Å²) in [5, 5.41) is 21.0. The lowest BCUT2D eigenvalue weighted by Gasteiger charge is -2.32. The zero-order chi connectivity index (χ0) is 12.3. The van der Waals surface area contributed by atoms with Crippen LogP contribution in [-0.2, 0) is 11.3 Å². The molecule has 7 heteroatoms. The van der Waals surface area contributed by atoms with Crippen molar-refractivity contribution in [3.8, 4) is 0 Å². The first-order chi connectivity index (χ1) is 8.13. The van der Waals surface area contributed by atoms with Crippen LogP contribution < -0.4 is 5.32 Å². The van der Waals surface area contributed by atoms with Gasteiger partial charge in [0, 0.05) is 0 Å². The molecule has 0 radical (unpaired) electrons. The van der Waals surface area contributed by atoms with Crippen LogP contribution >= 0.6 is 0 Å². The molecule has 1 fully saturated rings. The van der Waals surface area contributed by atoms with E-state index in [1.165, 1.54) is 18.0 Å². The van der Waals surface area contributed by atoms with Crippen LogP contribution in [0.3, 0.4) is 0 Å². The maximum absolute atomic E-state index is 11.2. The molecule has 1 aromatic rings. The maximum atomic E-state index is 11.2. The number of hydrogen-bond donors (Lipinski definition) is 2. The van der Waals surface area contributed by atoms with Gasteiger partial charge >= 0.3 is 5.97 Å². The molecule has 0 saturated carbocycles. The number of methoxy groups -OCH3 is 1. The lowest BCUT2D eigenvalue weighted by atomic mass is 9.92. The summed E-state index contributed by atoms with van der Waals surface area (Å²) in [4.78, 5) is 11.2. The van der Waals surface area contributed by atoms with Crippen LogP contribution in [0.4, 0.5) is 0 Å². The number of nitrogens with zero attached hydrogens (tertiary/aromatic N) is 3. The highest BCUT2D eigenvalue weighted by Crippen LogP contribution is 2.19. The first-order valence-electron chi connectivity index (χ1n) is 5.54. The van der Waals surface area contributed by atoms with Crippen molar-refractivity contribution < 1.29 is 14.6 Å². The second kappa shape index (κ2) is 4.80. The van der Waals surface area contributed by atoms with Crippen LogP contribution in [0.5, 0.6) is 0 Å². The Hall–Kier alpha value is -1.47. The summed E-state index contributed by atoms with van der Waals surface area (Å²) in [5.74, 6) is -0.520. The van der Waals surface area contributed by atoms with Crippen molar-refractivity contribution in [3.05, 3.63) is 11.9 Å². The van der Waals surface area contributed by atoms with Gasteiger partial charge in [0.15, 0.2) is 5.69 Å². The molecule has 17 heavy (non-hydrogen) atoms. The van der Waals surface area contributed by atoms with Gasteiger partial charge in [-0.1, -0.05) is 5.21 Å². The number of rotatable bonds is 3. The SMILES string of the molecule is COC(=O)c1cn(CC2(O)CCNCC2)nn1. The number of hydrogen-bond acceptors (Lipinski definition) is 6. The number of esters is 1. The van der Waals surface area contributed by atoms with Crippen LogP contribution in [-0.4, -0.2) is 51.9 Å². The number of piperidine rings is 1.